The van der Waals surface area contributed by atoms with Crippen LogP contribution in [0.5, 0.6) is 0 Å². The number of carbonyl (C=O) groups excluding carboxylic acids is 1. The highest BCUT2D eigenvalue weighted by Crippen LogP contribution is 2.34. The SMILES string of the molecule is CCOC(=O)C1=C(C)N=c2s/c(=C/c3ccc(Cl)c(Cl)c3)c(=O)n2[C@H]1c1ccccc1Cl. The number of aromatic nitrogens is 1. The summed E-state index contributed by atoms with van der Waals surface area (Å²) in [6.07, 6.45) is 1.72. The molecule has 0 amide bonds. The minimum absolute atomic E-state index is 0.201. The number of allylic oxidation sites excluding steroid dienone is 1. The predicted molar refractivity (Wildman–Crippen MR) is 128 cm³/mol. The van der Waals surface area contributed by atoms with Gasteiger partial charge in [0.15, 0.2) is 4.80 Å². The van der Waals surface area contributed by atoms with E-state index in [-0.39, 0.29) is 17.7 Å². The van der Waals surface area contributed by atoms with Crippen LogP contribution in [0.15, 0.2) is 63.5 Å². The summed E-state index contributed by atoms with van der Waals surface area (Å²) in [5.41, 5.74) is 1.82. The smallest absolute Gasteiger partial charge is 0.338 e. The highest BCUT2D eigenvalue weighted by Gasteiger charge is 2.34. The number of hydrogen-bond donors (Lipinski definition) is 0. The van der Waals surface area contributed by atoms with Crippen molar-refractivity contribution in [3.63, 3.8) is 0 Å². The van der Waals surface area contributed by atoms with E-state index in [1.165, 1.54) is 15.9 Å². The number of rotatable bonds is 4. The third-order valence-corrected chi connectivity index (χ3v) is 7.02. The number of benzene rings is 2. The van der Waals surface area contributed by atoms with Crippen molar-refractivity contribution in [2.24, 2.45) is 4.99 Å². The van der Waals surface area contributed by atoms with Gasteiger partial charge in [-0.3, -0.25) is 9.36 Å². The van der Waals surface area contributed by atoms with E-state index >= 15 is 0 Å². The van der Waals surface area contributed by atoms with Gasteiger partial charge in [-0.2, -0.15) is 0 Å². The second-order valence-corrected chi connectivity index (χ2v) is 9.23. The largest absolute Gasteiger partial charge is 0.463 e. The van der Waals surface area contributed by atoms with E-state index in [1.807, 2.05) is 6.07 Å². The Morgan fingerprint density at radius 3 is 2.59 bits per heavy atom. The summed E-state index contributed by atoms with van der Waals surface area (Å²) in [6, 6.07) is 11.5. The molecule has 9 heteroatoms. The summed E-state index contributed by atoms with van der Waals surface area (Å²) in [7, 11) is 0. The summed E-state index contributed by atoms with van der Waals surface area (Å²) in [4.78, 5) is 31.4. The molecular weight excluding hydrogens is 491 g/mol. The van der Waals surface area contributed by atoms with Crippen LogP contribution in [0, 0.1) is 0 Å². The maximum absolute atomic E-state index is 13.5. The van der Waals surface area contributed by atoms with Crippen LogP contribution < -0.4 is 14.9 Å². The fourth-order valence-electron chi connectivity index (χ4n) is 3.54. The zero-order valence-electron chi connectivity index (χ0n) is 17.1. The van der Waals surface area contributed by atoms with Crippen LogP contribution in [0.3, 0.4) is 0 Å². The van der Waals surface area contributed by atoms with Crippen molar-refractivity contribution in [1.29, 1.82) is 0 Å². The zero-order chi connectivity index (χ0) is 23.0. The number of esters is 1. The second-order valence-electron chi connectivity index (χ2n) is 7.00. The van der Waals surface area contributed by atoms with E-state index in [0.717, 1.165) is 5.56 Å². The third kappa shape index (κ3) is 4.16. The van der Waals surface area contributed by atoms with E-state index < -0.39 is 12.0 Å². The second kappa shape index (κ2) is 9.24. The van der Waals surface area contributed by atoms with Crippen molar-refractivity contribution in [1.82, 2.24) is 4.57 Å². The molecule has 0 radical (unpaired) electrons. The minimum atomic E-state index is -0.755. The third-order valence-electron chi connectivity index (χ3n) is 4.96. The molecule has 1 aliphatic heterocycles. The Bertz CT molecular complexity index is 1440. The fraction of sp³-hybridized carbons (Fsp3) is 0.174. The lowest BCUT2D eigenvalue weighted by Crippen LogP contribution is -2.40. The van der Waals surface area contributed by atoms with Crippen LogP contribution in [-0.4, -0.2) is 17.1 Å². The summed E-state index contributed by atoms with van der Waals surface area (Å²) in [6.45, 7) is 3.66. The summed E-state index contributed by atoms with van der Waals surface area (Å²) >= 11 is 19.8. The quantitative estimate of drug-likeness (QED) is 0.479. The molecular formula is C23H17Cl3N2O3S. The number of nitrogens with zero attached hydrogens (tertiary/aromatic N) is 2. The van der Waals surface area contributed by atoms with Crippen LogP contribution >= 0.6 is 46.1 Å². The maximum Gasteiger partial charge on any atom is 0.338 e. The molecule has 0 bridgehead atoms. The van der Waals surface area contributed by atoms with Crippen LogP contribution in [0.25, 0.3) is 6.08 Å². The van der Waals surface area contributed by atoms with E-state index in [9.17, 15) is 9.59 Å². The molecule has 5 nitrogen and oxygen atoms in total. The Kier molecular flexibility index (Phi) is 6.58. The maximum atomic E-state index is 13.5. The van der Waals surface area contributed by atoms with Gasteiger partial charge in [0, 0.05) is 5.02 Å². The van der Waals surface area contributed by atoms with Gasteiger partial charge in [0.2, 0.25) is 0 Å². The highest BCUT2D eigenvalue weighted by molar-refractivity contribution is 7.07. The van der Waals surface area contributed by atoms with Gasteiger partial charge < -0.3 is 4.74 Å². The highest BCUT2D eigenvalue weighted by atomic mass is 35.5. The van der Waals surface area contributed by atoms with Crippen LogP contribution in [-0.2, 0) is 9.53 Å². The first-order valence-electron chi connectivity index (χ1n) is 9.71. The standard InChI is InChI=1S/C23H17Cl3N2O3S/c1-3-31-22(30)19-12(2)27-23-28(20(19)14-6-4-5-7-15(14)24)21(29)18(32-23)11-13-8-9-16(25)17(26)10-13/h4-11,20H,3H2,1-2H3/b18-11+/t20-/m0/s1. The fourth-order valence-corrected chi connectivity index (χ4v) is 5.13. The monoisotopic (exact) mass is 506 g/mol. The molecule has 0 spiro atoms. The molecule has 164 valence electrons. The molecule has 3 aromatic rings. The Hall–Kier alpha value is -2.38. The lowest BCUT2D eigenvalue weighted by molar-refractivity contribution is -0.139. The average Bonchev–Trinajstić information content (AvgIpc) is 3.05. The molecule has 2 aromatic carbocycles. The van der Waals surface area contributed by atoms with Gasteiger partial charge in [0.1, 0.15) is 6.04 Å². The first kappa shape index (κ1) is 22.8. The molecule has 4 rings (SSSR count). The first-order chi connectivity index (χ1) is 15.3. The van der Waals surface area contributed by atoms with Crippen LogP contribution in [0.1, 0.15) is 31.0 Å². The molecule has 0 fully saturated rings. The van der Waals surface area contributed by atoms with Crippen molar-refractivity contribution in [3.8, 4) is 0 Å². The van der Waals surface area contributed by atoms with Crippen molar-refractivity contribution in [3.05, 3.63) is 99.6 Å². The van der Waals surface area contributed by atoms with Gasteiger partial charge in [0.25, 0.3) is 5.56 Å². The van der Waals surface area contributed by atoms with E-state index in [1.54, 1.807) is 56.3 Å². The Balaban J connectivity index is 1.98. The van der Waals surface area contributed by atoms with Crippen molar-refractivity contribution < 1.29 is 9.53 Å². The predicted octanol–water partition coefficient (Wildman–Crippen LogP) is 4.76. The first-order valence-corrected chi connectivity index (χ1v) is 11.7. The molecule has 2 heterocycles. The van der Waals surface area contributed by atoms with Crippen LogP contribution in [0.2, 0.25) is 15.1 Å². The van der Waals surface area contributed by atoms with Crippen molar-refractivity contribution in [2.45, 2.75) is 19.9 Å². The molecule has 0 saturated heterocycles. The summed E-state index contributed by atoms with van der Waals surface area (Å²) in [5, 5.41) is 1.26. The summed E-state index contributed by atoms with van der Waals surface area (Å²) < 4.78 is 7.21. The van der Waals surface area contributed by atoms with Crippen LogP contribution in [0.4, 0.5) is 0 Å². The lowest BCUT2D eigenvalue weighted by Gasteiger charge is -2.25. The molecule has 1 aliphatic rings. The topological polar surface area (TPSA) is 60.7 Å². The van der Waals surface area contributed by atoms with Crippen molar-refractivity contribution >= 4 is 58.2 Å². The Labute approximate surface area is 202 Å². The summed E-state index contributed by atoms with van der Waals surface area (Å²) in [5.74, 6) is -0.530. The Morgan fingerprint density at radius 2 is 1.91 bits per heavy atom. The molecule has 0 aliphatic carbocycles. The molecule has 1 aromatic heterocycles. The van der Waals surface area contributed by atoms with Gasteiger partial charge >= 0.3 is 5.97 Å². The van der Waals surface area contributed by atoms with E-state index in [2.05, 4.69) is 4.99 Å². The number of hydrogen-bond acceptors (Lipinski definition) is 5. The van der Waals surface area contributed by atoms with E-state index in [0.29, 0.717) is 35.7 Å². The zero-order valence-corrected chi connectivity index (χ0v) is 20.1. The van der Waals surface area contributed by atoms with Gasteiger partial charge in [0.05, 0.1) is 32.5 Å². The number of carbonyl (C=O) groups is 1. The van der Waals surface area contributed by atoms with Gasteiger partial charge in [-0.15, -0.1) is 0 Å². The minimum Gasteiger partial charge on any atom is -0.463 e. The molecule has 1 atom stereocenters. The number of thiazole rings is 1. The normalized spacial score (nSPS) is 16.0. The number of halogens is 3. The number of fused-ring (bicyclic) bond motifs is 1. The Morgan fingerprint density at radius 1 is 1.16 bits per heavy atom. The van der Waals surface area contributed by atoms with Gasteiger partial charge in [-0.1, -0.05) is 70.4 Å². The lowest BCUT2D eigenvalue weighted by atomic mass is 9.96. The molecule has 0 unspecified atom stereocenters. The van der Waals surface area contributed by atoms with Crippen molar-refractivity contribution in [2.75, 3.05) is 6.61 Å². The van der Waals surface area contributed by atoms with E-state index in [4.69, 9.17) is 39.5 Å². The average molecular weight is 508 g/mol. The molecule has 32 heavy (non-hydrogen) atoms. The van der Waals surface area contributed by atoms with Gasteiger partial charge in [-0.25, -0.2) is 9.79 Å². The molecule has 0 saturated carbocycles. The molecule has 0 N–H and O–H groups in total. The van der Waals surface area contributed by atoms with Gasteiger partial charge in [-0.05, 0) is 49.2 Å². The number of ether oxygens (including phenoxy) is 1.